The zero-order valence-corrected chi connectivity index (χ0v) is 15.5. The Labute approximate surface area is 161 Å². The van der Waals surface area contributed by atoms with Gasteiger partial charge in [0, 0.05) is 19.6 Å². The number of benzene rings is 2. The third kappa shape index (κ3) is 5.73. The standard InChI is InChI=1S/C21H22F3NO3/c1-27-20(26)18-13-25(14-18)12-17-9-6-15(7-10-17)5-8-16-3-2-4-19(11-16)28-21(22,23)24/h2-4,6-7,9-11,18H,5,8,12-14H2,1H3. The predicted molar refractivity (Wildman–Crippen MR) is 97.8 cm³/mol. The molecule has 2 aromatic carbocycles. The van der Waals surface area contributed by atoms with E-state index in [4.69, 9.17) is 4.74 Å². The van der Waals surface area contributed by atoms with Crippen molar-refractivity contribution in [2.45, 2.75) is 25.7 Å². The minimum absolute atomic E-state index is 0.0265. The summed E-state index contributed by atoms with van der Waals surface area (Å²) in [4.78, 5) is 13.6. The summed E-state index contributed by atoms with van der Waals surface area (Å²) in [5, 5.41) is 0. The number of rotatable bonds is 7. The average molecular weight is 393 g/mol. The number of ether oxygens (including phenoxy) is 2. The quantitative estimate of drug-likeness (QED) is 0.667. The summed E-state index contributed by atoms with van der Waals surface area (Å²) in [6, 6.07) is 14.2. The number of alkyl halides is 3. The zero-order valence-electron chi connectivity index (χ0n) is 15.5. The molecule has 3 rings (SSSR count). The molecule has 0 atom stereocenters. The molecule has 1 heterocycles. The first-order valence-electron chi connectivity index (χ1n) is 9.05. The summed E-state index contributed by atoms with van der Waals surface area (Å²) in [7, 11) is 1.41. The Balaban J connectivity index is 1.47. The van der Waals surface area contributed by atoms with E-state index >= 15 is 0 Å². The number of carbonyl (C=O) groups excluding carboxylic acids is 1. The number of halogens is 3. The highest BCUT2D eigenvalue weighted by Gasteiger charge is 2.33. The molecular formula is C21H22F3NO3. The normalized spacial score (nSPS) is 15.1. The number of aryl methyl sites for hydroxylation is 2. The van der Waals surface area contributed by atoms with Gasteiger partial charge in [-0.3, -0.25) is 9.69 Å². The summed E-state index contributed by atoms with van der Waals surface area (Å²) in [5.74, 6) is -0.377. The van der Waals surface area contributed by atoms with Gasteiger partial charge in [-0.2, -0.15) is 0 Å². The average Bonchev–Trinajstić information content (AvgIpc) is 2.62. The smallest absolute Gasteiger partial charge is 0.469 e. The van der Waals surface area contributed by atoms with E-state index in [1.165, 1.54) is 19.2 Å². The second kappa shape index (κ2) is 8.65. The van der Waals surface area contributed by atoms with Crippen molar-refractivity contribution in [1.82, 2.24) is 4.90 Å². The second-order valence-corrected chi connectivity index (χ2v) is 6.93. The van der Waals surface area contributed by atoms with E-state index < -0.39 is 6.36 Å². The van der Waals surface area contributed by atoms with Crippen LogP contribution in [0.1, 0.15) is 16.7 Å². The molecular weight excluding hydrogens is 371 g/mol. The number of esters is 1. The fourth-order valence-corrected chi connectivity index (χ4v) is 3.27. The van der Waals surface area contributed by atoms with Crippen LogP contribution in [-0.2, 0) is 28.9 Å². The highest BCUT2D eigenvalue weighted by molar-refractivity contribution is 5.73. The van der Waals surface area contributed by atoms with Gasteiger partial charge in [0.15, 0.2) is 0 Å². The van der Waals surface area contributed by atoms with Gasteiger partial charge in [0.05, 0.1) is 13.0 Å². The Hall–Kier alpha value is -2.54. The summed E-state index contributed by atoms with van der Waals surface area (Å²) in [5.41, 5.74) is 3.06. The number of hydrogen-bond donors (Lipinski definition) is 0. The number of carbonyl (C=O) groups is 1. The van der Waals surface area contributed by atoms with Crippen molar-refractivity contribution in [3.63, 3.8) is 0 Å². The molecule has 1 saturated heterocycles. The summed E-state index contributed by atoms with van der Waals surface area (Å²) < 4.78 is 45.6. The Morgan fingerprint density at radius 1 is 1.04 bits per heavy atom. The molecule has 150 valence electrons. The summed E-state index contributed by atoms with van der Waals surface area (Å²) >= 11 is 0. The molecule has 0 aliphatic carbocycles. The summed E-state index contributed by atoms with van der Waals surface area (Å²) in [6.07, 6.45) is -3.33. The van der Waals surface area contributed by atoms with Crippen LogP contribution < -0.4 is 4.74 Å². The van der Waals surface area contributed by atoms with Crippen molar-refractivity contribution >= 4 is 5.97 Å². The van der Waals surface area contributed by atoms with Crippen LogP contribution in [0.4, 0.5) is 13.2 Å². The molecule has 0 aromatic heterocycles. The molecule has 1 fully saturated rings. The first-order chi connectivity index (χ1) is 13.3. The number of nitrogens with zero attached hydrogens (tertiary/aromatic N) is 1. The van der Waals surface area contributed by atoms with Crippen LogP contribution >= 0.6 is 0 Å². The monoisotopic (exact) mass is 393 g/mol. The third-order valence-electron chi connectivity index (χ3n) is 4.76. The van der Waals surface area contributed by atoms with Gasteiger partial charge in [0.25, 0.3) is 0 Å². The SMILES string of the molecule is COC(=O)C1CN(Cc2ccc(CCc3cccc(OC(F)(F)F)c3)cc2)C1. The van der Waals surface area contributed by atoms with Crippen LogP contribution in [0.25, 0.3) is 0 Å². The van der Waals surface area contributed by atoms with Gasteiger partial charge >= 0.3 is 12.3 Å². The fraction of sp³-hybridized carbons (Fsp3) is 0.381. The van der Waals surface area contributed by atoms with Crippen LogP contribution in [0, 0.1) is 5.92 Å². The Morgan fingerprint density at radius 3 is 2.32 bits per heavy atom. The van der Waals surface area contributed by atoms with Gasteiger partial charge in [-0.15, -0.1) is 13.2 Å². The fourth-order valence-electron chi connectivity index (χ4n) is 3.27. The van der Waals surface area contributed by atoms with E-state index in [0.717, 1.165) is 29.7 Å². The first kappa shape index (κ1) is 20.2. The maximum Gasteiger partial charge on any atom is 0.573 e. The Bertz CT molecular complexity index is 799. The van der Waals surface area contributed by atoms with Gasteiger partial charge in [-0.1, -0.05) is 36.4 Å². The molecule has 0 unspecified atom stereocenters. The molecule has 28 heavy (non-hydrogen) atoms. The van der Waals surface area contributed by atoms with Crippen molar-refractivity contribution in [2.24, 2.45) is 5.92 Å². The first-order valence-corrected chi connectivity index (χ1v) is 9.05. The maximum atomic E-state index is 12.3. The second-order valence-electron chi connectivity index (χ2n) is 6.93. The highest BCUT2D eigenvalue weighted by Crippen LogP contribution is 2.24. The number of hydrogen-bond acceptors (Lipinski definition) is 4. The van der Waals surface area contributed by atoms with E-state index in [2.05, 4.69) is 9.64 Å². The molecule has 0 spiro atoms. The van der Waals surface area contributed by atoms with Crippen LogP contribution in [-0.4, -0.2) is 37.4 Å². The number of methoxy groups -OCH3 is 1. The molecule has 1 aliphatic heterocycles. The Kier molecular flexibility index (Phi) is 6.24. The van der Waals surface area contributed by atoms with Gasteiger partial charge in [0.2, 0.25) is 0 Å². The van der Waals surface area contributed by atoms with Crippen LogP contribution in [0.3, 0.4) is 0 Å². The van der Waals surface area contributed by atoms with E-state index in [1.807, 2.05) is 24.3 Å². The molecule has 0 N–H and O–H groups in total. The van der Waals surface area contributed by atoms with Crippen molar-refractivity contribution in [3.05, 3.63) is 65.2 Å². The minimum atomic E-state index is -4.68. The van der Waals surface area contributed by atoms with Crippen LogP contribution in [0.2, 0.25) is 0 Å². The van der Waals surface area contributed by atoms with Crippen molar-refractivity contribution in [3.8, 4) is 5.75 Å². The minimum Gasteiger partial charge on any atom is -0.469 e. The van der Waals surface area contributed by atoms with Crippen molar-refractivity contribution < 1.29 is 27.4 Å². The molecule has 7 heteroatoms. The Morgan fingerprint density at radius 2 is 1.68 bits per heavy atom. The van der Waals surface area contributed by atoms with E-state index in [-0.39, 0.29) is 17.6 Å². The van der Waals surface area contributed by atoms with Gasteiger partial charge < -0.3 is 9.47 Å². The van der Waals surface area contributed by atoms with Gasteiger partial charge in [-0.05, 0) is 41.7 Å². The largest absolute Gasteiger partial charge is 0.573 e. The van der Waals surface area contributed by atoms with Gasteiger partial charge in [0.1, 0.15) is 5.75 Å². The maximum absolute atomic E-state index is 12.3. The lowest BCUT2D eigenvalue weighted by Crippen LogP contribution is -2.49. The lowest BCUT2D eigenvalue weighted by Gasteiger charge is -2.37. The molecule has 1 aliphatic rings. The topological polar surface area (TPSA) is 38.8 Å². The highest BCUT2D eigenvalue weighted by atomic mass is 19.4. The summed E-state index contributed by atoms with van der Waals surface area (Å²) in [6.45, 7) is 2.21. The third-order valence-corrected chi connectivity index (χ3v) is 4.76. The molecule has 0 saturated carbocycles. The van der Waals surface area contributed by atoms with Crippen LogP contribution in [0.15, 0.2) is 48.5 Å². The molecule has 0 amide bonds. The molecule has 0 radical (unpaired) electrons. The van der Waals surface area contributed by atoms with E-state index in [0.29, 0.717) is 19.5 Å². The lowest BCUT2D eigenvalue weighted by atomic mass is 9.98. The van der Waals surface area contributed by atoms with E-state index in [1.54, 1.807) is 12.1 Å². The molecule has 0 bridgehead atoms. The zero-order chi connectivity index (χ0) is 20.1. The van der Waals surface area contributed by atoms with Crippen molar-refractivity contribution in [1.29, 1.82) is 0 Å². The number of likely N-dealkylation sites (tertiary alicyclic amines) is 1. The van der Waals surface area contributed by atoms with Gasteiger partial charge in [-0.25, -0.2) is 0 Å². The predicted octanol–water partition coefficient (Wildman–Crippen LogP) is 3.98. The van der Waals surface area contributed by atoms with Crippen LogP contribution in [0.5, 0.6) is 5.75 Å². The van der Waals surface area contributed by atoms with Crippen molar-refractivity contribution in [2.75, 3.05) is 20.2 Å². The van der Waals surface area contributed by atoms with E-state index in [9.17, 15) is 18.0 Å². The molecule has 4 nitrogen and oxygen atoms in total. The molecule has 2 aromatic rings. The lowest BCUT2D eigenvalue weighted by molar-refractivity contribution is -0.274.